The van der Waals surface area contributed by atoms with Crippen molar-refractivity contribution in [3.8, 4) is 0 Å². The molecule has 0 radical (unpaired) electrons. The largest absolute Gasteiger partial charge is 0.301 e. The molecule has 0 saturated carbocycles. The molecule has 1 fully saturated rings. The van der Waals surface area contributed by atoms with Crippen molar-refractivity contribution in [1.82, 2.24) is 9.78 Å². The summed E-state index contributed by atoms with van der Waals surface area (Å²) in [5.74, 6) is 0.0985. The summed E-state index contributed by atoms with van der Waals surface area (Å²) in [6.45, 7) is 5.94. The van der Waals surface area contributed by atoms with E-state index in [0.29, 0.717) is 22.9 Å². The number of aryl methyl sites for hydroxylation is 1. The molecule has 6 heteroatoms. The molecule has 2 aromatic carbocycles. The van der Waals surface area contributed by atoms with Crippen molar-refractivity contribution < 1.29 is 4.79 Å². The lowest BCUT2D eigenvalue weighted by atomic mass is 9.67. The molecule has 4 rings (SSSR count). The lowest BCUT2D eigenvalue weighted by molar-refractivity contribution is -0.131. The Kier molecular flexibility index (Phi) is 5.96. The highest BCUT2D eigenvalue weighted by molar-refractivity contribution is 6.30. The Morgan fingerprint density at radius 2 is 1.90 bits per heavy atom. The van der Waals surface area contributed by atoms with Gasteiger partial charge in [0.1, 0.15) is 0 Å². The number of allylic oxidation sites excluding steroid dienone is 1. The highest BCUT2D eigenvalue weighted by atomic mass is 35.5. The van der Waals surface area contributed by atoms with Gasteiger partial charge in [-0.15, -0.1) is 6.58 Å². The van der Waals surface area contributed by atoms with Crippen LogP contribution in [0.1, 0.15) is 42.9 Å². The third kappa shape index (κ3) is 4.15. The molecule has 1 aromatic heterocycles. The molecule has 1 amide bonds. The Hall–Kier alpha value is -2.56. The minimum atomic E-state index is -0.590. The van der Waals surface area contributed by atoms with Gasteiger partial charge in [-0.2, -0.15) is 5.10 Å². The van der Waals surface area contributed by atoms with Crippen LogP contribution in [0.15, 0.2) is 73.6 Å². The van der Waals surface area contributed by atoms with Gasteiger partial charge in [0, 0.05) is 29.2 Å². The van der Waals surface area contributed by atoms with E-state index in [1.165, 1.54) is 0 Å². The van der Waals surface area contributed by atoms with Gasteiger partial charge in [-0.3, -0.25) is 9.48 Å². The van der Waals surface area contributed by atoms with E-state index < -0.39 is 5.41 Å². The molecular weight excluding hydrogens is 429 g/mol. The first-order chi connectivity index (χ1) is 14.8. The van der Waals surface area contributed by atoms with Crippen LogP contribution in [-0.4, -0.2) is 15.7 Å². The van der Waals surface area contributed by atoms with Crippen LogP contribution in [0.4, 0.5) is 5.69 Å². The summed E-state index contributed by atoms with van der Waals surface area (Å²) in [4.78, 5) is 15.8. The maximum Gasteiger partial charge on any atom is 0.233 e. The van der Waals surface area contributed by atoms with Crippen LogP contribution in [0, 0.1) is 5.41 Å². The zero-order chi connectivity index (χ0) is 22.2. The number of nitrogens with zero attached hydrogens (tertiary/aromatic N) is 3. The van der Waals surface area contributed by atoms with E-state index in [4.69, 9.17) is 23.2 Å². The molecule has 1 saturated heterocycles. The second-order valence-corrected chi connectivity index (χ2v) is 9.34. The number of piperidine rings is 1. The highest BCUT2D eigenvalue weighted by Gasteiger charge is 2.50. The number of anilines is 1. The maximum absolute atomic E-state index is 13.9. The zero-order valence-electron chi connectivity index (χ0n) is 17.6. The molecule has 4 nitrogen and oxygen atoms in total. The molecule has 0 N–H and O–H groups in total. The van der Waals surface area contributed by atoms with Crippen LogP contribution in [0.5, 0.6) is 0 Å². The fourth-order valence-electron chi connectivity index (χ4n) is 4.66. The number of amides is 1. The van der Waals surface area contributed by atoms with E-state index in [2.05, 4.69) is 17.7 Å². The number of hydrogen-bond acceptors (Lipinski definition) is 2. The molecule has 0 spiro atoms. The Morgan fingerprint density at radius 1 is 1.16 bits per heavy atom. The van der Waals surface area contributed by atoms with Gasteiger partial charge in [0.05, 0.1) is 23.3 Å². The molecule has 0 unspecified atom stereocenters. The smallest absolute Gasteiger partial charge is 0.233 e. The summed E-state index contributed by atoms with van der Waals surface area (Å²) in [6.07, 6.45) is 6.73. The monoisotopic (exact) mass is 453 g/mol. The van der Waals surface area contributed by atoms with Crippen molar-refractivity contribution >= 4 is 34.8 Å². The lowest BCUT2D eigenvalue weighted by Crippen LogP contribution is -2.52. The maximum atomic E-state index is 13.9. The van der Waals surface area contributed by atoms with Crippen LogP contribution in [0.25, 0.3) is 0 Å². The minimum absolute atomic E-state index is 0.0303. The van der Waals surface area contributed by atoms with Crippen molar-refractivity contribution in [2.75, 3.05) is 4.90 Å². The topological polar surface area (TPSA) is 38.1 Å². The molecule has 0 aliphatic carbocycles. The van der Waals surface area contributed by atoms with Crippen LogP contribution in [-0.2, 0) is 11.8 Å². The van der Waals surface area contributed by atoms with Gasteiger partial charge in [-0.25, -0.2) is 0 Å². The first kappa shape index (κ1) is 21.7. The molecule has 3 aromatic rings. The summed E-state index contributed by atoms with van der Waals surface area (Å²) < 4.78 is 1.72. The van der Waals surface area contributed by atoms with Crippen LogP contribution >= 0.6 is 23.2 Å². The Morgan fingerprint density at radius 3 is 2.52 bits per heavy atom. The van der Waals surface area contributed by atoms with Crippen molar-refractivity contribution in [2.24, 2.45) is 12.5 Å². The molecule has 31 heavy (non-hydrogen) atoms. The van der Waals surface area contributed by atoms with Gasteiger partial charge in [-0.1, -0.05) is 60.5 Å². The lowest BCUT2D eigenvalue weighted by Gasteiger charge is -2.48. The van der Waals surface area contributed by atoms with E-state index >= 15 is 0 Å². The SMILES string of the molecule is C=CC[C@@]1(C)C[C@H](c2cccc(Cl)c2)[C@@H](c2ccc(Cl)cc2)N(c2cnn(C)c2)C1=O. The third-order valence-electron chi connectivity index (χ3n) is 6.12. The zero-order valence-corrected chi connectivity index (χ0v) is 19.1. The summed E-state index contributed by atoms with van der Waals surface area (Å²) in [7, 11) is 1.85. The molecule has 1 aliphatic heterocycles. The second kappa shape index (κ2) is 8.52. The molecule has 1 aliphatic rings. The molecule has 160 valence electrons. The van der Waals surface area contributed by atoms with Crippen molar-refractivity contribution in [3.63, 3.8) is 0 Å². The van der Waals surface area contributed by atoms with Gasteiger partial charge >= 0.3 is 0 Å². The Balaban J connectivity index is 1.93. The number of hydrogen-bond donors (Lipinski definition) is 0. The van der Waals surface area contributed by atoms with E-state index in [-0.39, 0.29) is 17.9 Å². The van der Waals surface area contributed by atoms with Crippen molar-refractivity contribution in [3.05, 3.63) is 94.8 Å². The second-order valence-electron chi connectivity index (χ2n) is 8.46. The summed E-state index contributed by atoms with van der Waals surface area (Å²) >= 11 is 12.5. The van der Waals surface area contributed by atoms with Gasteiger partial charge in [0.2, 0.25) is 5.91 Å². The average molecular weight is 454 g/mol. The fraction of sp³-hybridized carbons (Fsp3) is 0.280. The average Bonchev–Trinajstić information content (AvgIpc) is 3.16. The Labute approximate surface area is 193 Å². The predicted molar refractivity (Wildman–Crippen MR) is 127 cm³/mol. The molecular formula is C25H25Cl2N3O. The van der Waals surface area contributed by atoms with Crippen molar-refractivity contribution in [1.29, 1.82) is 0 Å². The number of aromatic nitrogens is 2. The third-order valence-corrected chi connectivity index (χ3v) is 6.60. The van der Waals surface area contributed by atoms with Crippen LogP contribution < -0.4 is 4.90 Å². The minimum Gasteiger partial charge on any atom is -0.301 e. The van der Waals surface area contributed by atoms with Crippen LogP contribution in [0.2, 0.25) is 10.0 Å². The molecule has 3 atom stereocenters. The Bertz CT molecular complexity index is 1110. The van der Waals surface area contributed by atoms with E-state index in [0.717, 1.165) is 16.8 Å². The van der Waals surface area contributed by atoms with E-state index in [1.54, 1.807) is 10.9 Å². The van der Waals surface area contributed by atoms with Gasteiger partial charge < -0.3 is 4.90 Å². The fourth-order valence-corrected chi connectivity index (χ4v) is 4.98. The van der Waals surface area contributed by atoms with Gasteiger partial charge in [0.25, 0.3) is 0 Å². The van der Waals surface area contributed by atoms with Gasteiger partial charge in [-0.05, 0) is 48.2 Å². The van der Waals surface area contributed by atoms with Gasteiger partial charge in [0.15, 0.2) is 0 Å². The summed E-state index contributed by atoms with van der Waals surface area (Å²) in [6, 6.07) is 15.4. The predicted octanol–water partition coefficient (Wildman–Crippen LogP) is 6.57. The van der Waals surface area contributed by atoms with E-state index in [1.807, 2.05) is 73.6 Å². The number of carbonyl (C=O) groups excluding carboxylic acids is 1. The first-order valence-electron chi connectivity index (χ1n) is 10.3. The van der Waals surface area contributed by atoms with Crippen molar-refractivity contribution in [2.45, 2.75) is 31.7 Å². The molecule has 2 heterocycles. The molecule has 0 bridgehead atoms. The number of benzene rings is 2. The normalized spacial score (nSPS) is 23.7. The highest BCUT2D eigenvalue weighted by Crippen LogP contribution is 2.52. The first-order valence-corrected chi connectivity index (χ1v) is 11.0. The van der Waals surface area contributed by atoms with Crippen LogP contribution in [0.3, 0.4) is 0 Å². The summed E-state index contributed by atoms with van der Waals surface area (Å²) in [5.41, 5.74) is 2.30. The number of carbonyl (C=O) groups is 1. The number of rotatable bonds is 5. The number of halogens is 2. The van der Waals surface area contributed by atoms with E-state index in [9.17, 15) is 4.79 Å². The quantitative estimate of drug-likeness (QED) is 0.409. The standard InChI is InChI=1S/C25H25Cl2N3O/c1-4-12-25(2)14-22(18-6-5-7-20(27)13-18)23(17-8-10-19(26)11-9-17)30(24(25)31)21-15-28-29(3)16-21/h4-11,13,15-16,22-23H,1,12,14H2,2-3H3/t22-,23-,25+/m1/s1. The summed E-state index contributed by atoms with van der Waals surface area (Å²) in [5, 5.41) is 5.68.